The predicted molar refractivity (Wildman–Crippen MR) is 78.2 cm³/mol. The van der Waals surface area contributed by atoms with Crippen molar-refractivity contribution in [1.82, 2.24) is 20.5 Å². The molecule has 0 aliphatic heterocycles. The van der Waals surface area contributed by atoms with Crippen LogP contribution in [0.1, 0.15) is 36.5 Å². The van der Waals surface area contributed by atoms with E-state index < -0.39 is 0 Å². The van der Waals surface area contributed by atoms with Crippen molar-refractivity contribution in [2.75, 3.05) is 0 Å². The summed E-state index contributed by atoms with van der Waals surface area (Å²) in [7, 11) is 0. The van der Waals surface area contributed by atoms with Crippen LogP contribution in [-0.2, 0) is 0 Å². The number of aromatic nitrogens is 3. The standard InChI is InChI=1S/C14H16N4S/c1-9(11-7-15-16-8-11)17-10(2)14-18-12-5-3-4-6-13(12)19-14/h3-10,17H,1-2H3,(H,15,16). The Hall–Kier alpha value is -1.72. The summed E-state index contributed by atoms with van der Waals surface area (Å²) in [4.78, 5) is 4.68. The molecule has 0 aliphatic rings. The summed E-state index contributed by atoms with van der Waals surface area (Å²) in [5.74, 6) is 0. The molecule has 5 heteroatoms. The van der Waals surface area contributed by atoms with Gasteiger partial charge >= 0.3 is 0 Å². The number of nitrogens with zero attached hydrogens (tertiary/aromatic N) is 2. The molecule has 2 atom stereocenters. The van der Waals surface area contributed by atoms with E-state index in [-0.39, 0.29) is 12.1 Å². The van der Waals surface area contributed by atoms with Gasteiger partial charge in [0.1, 0.15) is 5.01 Å². The van der Waals surface area contributed by atoms with Crippen LogP contribution in [0.2, 0.25) is 0 Å². The van der Waals surface area contributed by atoms with Crippen LogP contribution in [-0.4, -0.2) is 15.2 Å². The third-order valence-corrected chi connectivity index (χ3v) is 4.42. The van der Waals surface area contributed by atoms with Crippen LogP contribution >= 0.6 is 11.3 Å². The number of H-pyrrole nitrogens is 1. The van der Waals surface area contributed by atoms with E-state index in [1.165, 1.54) is 4.70 Å². The molecular weight excluding hydrogens is 256 g/mol. The summed E-state index contributed by atoms with van der Waals surface area (Å²) < 4.78 is 1.24. The number of thiazole rings is 1. The molecular formula is C14H16N4S. The number of hydrogen-bond acceptors (Lipinski definition) is 4. The first-order chi connectivity index (χ1) is 9.24. The second-order valence-electron chi connectivity index (χ2n) is 4.66. The summed E-state index contributed by atoms with van der Waals surface area (Å²) in [5, 5.41) is 11.5. The van der Waals surface area contributed by atoms with Gasteiger partial charge in [-0.15, -0.1) is 11.3 Å². The second kappa shape index (κ2) is 5.11. The lowest BCUT2D eigenvalue weighted by molar-refractivity contribution is 0.494. The highest BCUT2D eigenvalue weighted by atomic mass is 32.1. The molecule has 0 spiro atoms. The summed E-state index contributed by atoms with van der Waals surface area (Å²) in [6, 6.07) is 8.72. The Kier molecular flexibility index (Phi) is 3.31. The van der Waals surface area contributed by atoms with Crippen molar-refractivity contribution in [1.29, 1.82) is 0 Å². The van der Waals surface area contributed by atoms with Crippen LogP contribution in [0.3, 0.4) is 0 Å². The van der Waals surface area contributed by atoms with Gasteiger partial charge in [-0.3, -0.25) is 5.10 Å². The molecule has 4 nitrogen and oxygen atoms in total. The lowest BCUT2D eigenvalue weighted by atomic mass is 10.1. The normalized spacial score (nSPS) is 14.6. The molecule has 0 saturated carbocycles. The van der Waals surface area contributed by atoms with Crippen molar-refractivity contribution < 1.29 is 0 Å². The zero-order valence-electron chi connectivity index (χ0n) is 10.9. The fourth-order valence-corrected chi connectivity index (χ4v) is 3.09. The van der Waals surface area contributed by atoms with Crippen molar-refractivity contribution in [3.63, 3.8) is 0 Å². The van der Waals surface area contributed by atoms with Gasteiger partial charge in [-0.05, 0) is 26.0 Å². The Morgan fingerprint density at radius 1 is 1.21 bits per heavy atom. The monoisotopic (exact) mass is 272 g/mol. The zero-order valence-corrected chi connectivity index (χ0v) is 11.7. The van der Waals surface area contributed by atoms with E-state index in [0.717, 1.165) is 16.1 Å². The van der Waals surface area contributed by atoms with E-state index in [9.17, 15) is 0 Å². The molecule has 2 unspecified atom stereocenters. The topological polar surface area (TPSA) is 53.6 Å². The summed E-state index contributed by atoms with van der Waals surface area (Å²) in [5.41, 5.74) is 2.24. The summed E-state index contributed by atoms with van der Waals surface area (Å²) in [6.07, 6.45) is 3.77. The lowest BCUT2D eigenvalue weighted by Crippen LogP contribution is -2.22. The van der Waals surface area contributed by atoms with E-state index in [1.807, 2.05) is 18.5 Å². The van der Waals surface area contributed by atoms with E-state index in [1.54, 1.807) is 11.3 Å². The molecule has 2 N–H and O–H groups in total. The van der Waals surface area contributed by atoms with Crippen molar-refractivity contribution in [3.05, 3.63) is 47.2 Å². The fraction of sp³-hybridized carbons (Fsp3) is 0.286. The van der Waals surface area contributed by atoms with Crippen molar-refractivity contribution in [2.24, 2.45) is 0 Å². The van der Waals surface area contributed by atoms with Gasteiger partial charge in [0.05, 0.1) is 22.5 Å². The first-order valence-electron chi connectivity index (χ1n) is 6.34. The van der Waals surface area contributed by atoms with Gasteiger partial charge < -0.3 is 5.32 Å². The molecule has 98 valence electrons. The van der Waals surface area contributed by atoms with Crippen LogP contribution in [0.5, 0.6) is 0 Å². The number of rotatable bonds is 4. The van der Waals surface area contributed by atoms with E-state index in [2.05, 4.69) is 52.5 Å². The minimum Gasteiger partial charge on any atom is -0.301 e. The van der Waals surface area contributed by atoms with Gasteiger partial charge in [0, 0.05) is 17.8 Å². The molecule has 0 bridgehead atoms. The van der Waals surface area contributed by atoms with Crippen molar-refractivity contribution >= 4 is 21.6 Å². The second-order valence-corrected chi connectivity index (χ2v) is 5.72. The van der Waals surface area contributed by atoms with Crippen molar-refractivity contribution in [2.45, 2.75) is 25.9 Å². The molecule has 2 aromatic heterocycles. The maximum absolute atomic E-state index is 4.68. The molecule has 0 aliphatic carbocycles. The molecule has 0 amide bonds. The first kappa shape index (κ1) is 12.3. The van der Waals surface area contributed by atoms with Crippen LogP contribution in [0.15, 0.2) is 36.7 Å². The lowest BCUT2D eigenvalue weighted by Gasteiger charge is -2.16. The van der Waals surface area contributed by atoms with Crippen LogP contribution < -0.4 is 5.32 Å². The van der Waals surface area contributed by atoms with Gasteiger partial charge in [0.2, 0.25) is 0 Å². The Morgan fingerprint density at radius 2 is 2.05 bits per heavy atom. The molecule has 0 saturated heterocycles. The highest BCUT2D eigenvalue weighted by molar-refractivity contribution is 7.18. The molecule has 0 radical (unpaired) electrons. The number of benzene rings is 1. The molecule has 19 heavy (non-hydrogen) atoms. The Balaban J connectivity index is 1.78. The molecule has 3 aromatic rings. The smallest absolute Gasteiger partial charge is 0.111 e. The van der Waals surface area contributed by atoms with Crippen LogP contribution in [0.4, 0.5) is 0 Å². The van der Waals surface area contributed by atoms with E-state index in [0.29, 0.717) is 0 Å². The first-order valence-corrected chi connectivity index (χ1v) is 7.16. The number of para-hydroxylation sites is 1. The average molecular weight is 272 g/mol. The highest BCUT2D eigenvalue weighted by Gasteiger charge is 2.15. The maximum Gasteiger partial charge on any atom is 0.111 e. The van der Waals surface area contributed by atoms with Gasteiger partial charge in [-0.25, -0.2) is 4.98 Å². The third-order valence-electron chi connectivity index (χ3n) is 3.20. The summed E-state index contributed by atoms with van der Waals surface area (Å²) >= 11 is 1.75. The van der Waals surface area contributed by atoms with E-state index in [4.69, 9.17) is 0 Å². The minimum absolute atomic E-state index is 0.224. The molecule has 0 fully saturated rings. The summed E-state index contributed by atoms with van der Waals surface area (Å²) in [6.45, 7) is 4.28. The Morgan fingerprint density at radius 3 is 2.79 bits per heavy atom. The predicted octanol–water partition coefficient (Wildman–Crippen LogP) is 3.43. The largest absolute Gasteiger partial charge is 0.301 e. The SMILES string of the molecule is CC(NC(C)c1nc2ccccc2s1)c1cn[nH]c1. The molecule has 3 rings (SSSR count). The van der Waals surface area contributed by atoms with Gasteiger partial charge in [-0.1, -0.05) is 12.1 Å². The van der Waals surface area contributed by atoms with Gasteiger partial charge in [0.15, 0.2) is 0 Å². The number of hydrogen-bond donors (Lipinski definition) is 2. The number of nitrogens with one attached hydrogen (secondary N) is 2. The molecule has 2 heterocycles. The number of fused-ring (bicyclic) bond motifs is 1. The minimum atomic E-state index is 0.224. The fourth-order valence-electron chi connectivity index (χ4n) is 2.12. The Labute approximate surface area is 115 Å². The average Bonchev–Trinajstić information content (AvgIpc) is 3.07. The van der Waals surface area contributed by atoms with Gasteiger partial charge in [0.25, 0.3) is 0 Å². The maximum atomic E-state index is 4.68. The Bertz CT molecular complexity index is 626. The van der Waals surface area contributed by atoms with Crippen LogP contribution in [0.25, 0.3) is 10.2 Å². The molecule has 1 aromatic carbocycles. The van der Waals surface area contributed by atoms with Crippen LogP contribution in [0, 0.1) is 0 Å². The van der Waals surface area contributed by atoms with Crippen molar-refractivity contribution in [3.8, 4) is 0 Å². The quantitative estimate of drug-likeness (QED) is 0.765. The number of aromatic amines is 1. The third kappa shape index (κ3) is 2.52. The van der Waals surface area contributed by atoms with Gasteiger partial charge in [-0.2, -0.15) is 5.10 Å². The zero-order chi connectivity index (χ0) is 13.2. The van der Waals surface area contributed by atoms with E-state index >= 15 is 0 Å². The highest BCUT2D eigenvalue weighted by Crippen LogP contribution is 2.27.